The van der Waals surface area contributed by atoms with E-state index in [9.17, 15) is 0 Å². The standard InChI is InChI=1S/C20H19N5O/c1-12(2)18-24-20(26-25-18)16-11-21-19-15(10-9-13(3)22-19)17(16)23-14-7-5-4-6-8-14/h4-12H,1-3H3,(H,21,22,23). The summed E-state index contributed by atoms with van der Waals surface area (Å²) in [5.74, 6) is 1.31. The smallest absolute Gasteiger partial charge is 0.261 e. The Labute approximate surface area is 151 Å². The quantitative estimate of drug-likeness (QED) is 0.569. The van der Waals surface area contributed by atoms with E-state index in [4.69, 9.17) is 4.52 Å². The first-order valence-corrected chi connectivity index (χ1v) is 8.54. The highest BCUT2D eigenvalue weighted by Crippen LogP contribution is 2.34. The highest BCUT2D eigenvalue weighted by Gasteiger charge is 2.18. The molecule has 0 atom stereocenters. The summed E-state index contributed by atoms with van der Waals surface area (Å²) < 4.78 is 5.50. The van der Waals surface area contributed by atoms with Crippen LogP contribution in [-0.4, -0.2) is 20.1 Å². The second kappa shape index (κ2) is 6.55. The van der Waals surface area contributed by atoms with Crippen molar-refractivity contribution >= 4 is 22.4 Å². The Bertz CT molecular complexity index is 1060. The van der Waals surface area contributed by atoms with Crippen LogP contribution >= 0.6 is 0 Å². The molecule has 3 heterocycles. The van der Waals surface area contributed by atoms with E-state index in [1.54, 1.807) is 6.20 Å². The third-order valence-corrected chi connectivity index (χ3v) is 4.10. The number of pyridine rings is 2. The molecule has 0 aliphatic rings. The van der Waals surface area contributed by atoms with Gasteiger partial charge in [0.25, 0.3) is 5.89 Å². The highest BCUT2D eigenvalue weighted by molar-refractivity contribution is 5.98. The minimum Gasteiger partial charge on any atom is -0.354 e. The Hall–Kier alpha value is -3.28. The lowest BCUT2D eigenvalue weighted by molar-refractivity contribution is 0.419. The van der Waals surface area contributed by atoms with Crippen molar-refractivity contribution in [2.24, 2.45) is 0 Å². The number of hydrogen-bond donors (Lipinski definition) is 1. The molecular formula is C20H19N5O. The molecule has 0 unspecified atom stereocenters. The molecule has 6 heteroatoms. The number of hydrogen-bond acceptors (Lipinski definition) is 6. The lowest BCUT2D eigenvalue weighted by Crippen LogP contribution is -1.98. The third kappa shape index (κ3) is 3.01. The van der Waals surface area contributed by atoms with Gasteiger partial charge in [0.1, 0.15) is 0 Å². The van der Waals surface area contributed by atoms with Crippen LogP contribution in [0.1, 0.15) is 31.3 Å². The van der Waals surface area contributed by atoms with Crippen LogP contribution in [0.5, 0.6) is 0 Å². The van der Waals surface area contributed by atoms with Gasteiger partial charge in [-0.2, -0.15) is 4.98 Å². The fourth-order valence-electron chi connectivity index (χ4n) is 2.71. The zero-order valence-electron chi connectivity index (χ0n) is 14.9. The topological polar surface area (TPSA) is 76.7 Å². The number of rotatable bonds is 4. The van der Waals surface area contributed by atoms with Gasteiger partial charge >= 0.3 is 0 Å². The Balaban J connectivity index is 1.90. The summed E-state index contributed by atoms with van der Waals surface area (Å²) in [4.78, 5) is 13.6. The molecule has 0 radical (unpaired) electrons. The Morgan fingerprint density at radius 2 is 1.81 bits per heavy atom. The van der Waals surface area contributed by atoms with Crippen molar-refractivity contribution in [3.05, 3.63) is 60.2 Å². The van der Waals surface area contributed by atoms with Gasteiger partial charge in [-0.15, -0.1) is 0 Å². The summed E-state index contributed by atoms with van der Waals surface area (Å²) in [7, 11) is 0. The van der Waals surface area contributed by atoms with Gasteiger partial charge in [-0.25, -0.2) is 9.97 Å². The summed E-state index contributed by atoms with van der Waals surface area (Å²) in [5, 5.41) is 8.45. The highest BCUT2D eigenvalue weighted by atomic mass is 16.5. The second-order valence-electron chi connectivity index (χ2n) is 6.47. The molecular weight excluding hydrogens is 326 g/mol. The van der Waals surface area contributed by atoms with Gasteiger partial charge in [0.05, 0.1) is 11.3 Å². The molecule has 0 fully saturated rings. The normalized spacial score (nSPS) is 11.2. The summed E-state index contributed by atoms with van der Waals surface area (Å²) in [6.07, 6.45) is 1.73. The molecule has 0 saturated carbocycles. The first kappa shape index (κ1) is 16.2. The van der Waals surface area contributed by atoms with E-state index in [0.29, 0.717) is 17.4 Å². The maximum absolute atomic E-state index is 5.50. The zero-order chi connectivity index (χ0) is 18.1. The molecule has 0 aliphatic carbocycles. The second-order valence-corrected chi connectivity index (χ2v) is 6.47. The Kier molecular flexibility index (Phi) is 4.08. The van der Waals surface area contributed by atoms with E-state index < -0.39 is 0 Å². The van der Waals surface area contributed by atoms with Crippen LogP contribution in [0.25, 0.3) is 22.5 Å². The van der Waals surface area contributed by atoms with Gasteiger partial charge in [-0.05, 0) is 31.2 Å². The molecule has 0 saturated heterocycles. The molecule has 4 aromatic rings. The van der Waals surface area contributed by atoms with E-state index in [1.165, 1.54) is 0 Å². The minimum atomic E-state index is 0.191. The van der Waals surface area contributed by atoms with Gasteiger partial charge in [0.2, 0.25) is 0 Å². The van der Waals surface area contributed by atoms with Gasteiger partial charge in [-0.3, -0.25) is 0 Å². The molecule has 0 aliphatic heterocycles. The maximum atomic E-state index is 5.50. The number of nitrogens with one attached hydrogen (secondary N) is 1. The van der Waals surface area contributed by atoms with E-state index in [1.807, 2.05) is 63.2 Å². The predicted octanol–water partition coefficient (Wildman–Crippen LogP) is 4.86. The molecule has 1 N–H and O–H groups in total. The third-order valence-electron chi connectivity index (χ3n) is 4.10. The van der Waals surface area contributed by atoms with Crippen LogP contribution in [0.4, 0.5) is 11.4 Å². The molecule has 26 heavy (non-hydrogen) atoms. The van der Waals surface area contributed by atoms with Crippen molar-refractivity contribution in [2.45, 2.75) is 26.7 Å². The summed E-state index contributed by atoms with van der Waals surface area (Å²) in [5.41, 5.74) is 4.17. The van der Waals surface area contributed by atoms with Crippen LogP contribution in [-0.2, 0) is 0 Å². The first-order valence-electron chi connectivity index (χ1n) is 8.54. The number of fused-ring (bicyclic) bond motifs is 1. The van der Waals surface area contributed by atoms with Crippen LogP contribution in [0, 0.1) is 6.92 Å². The summed E-state index contributed by atoms with van der Waals surface area (Å²) in [6, 6.07) is 13.9. The molecule has 3 aromatic heterocycles. The van der Waals surface area contributed by atoms with Crippen LogP contribution in [0.15, 0.2) is 53.2 Å². The molecule has 0 spiro atoms. The fourth-order valence-corrected chi connectivity index (χ4v) is 2.71. The average molecular weight is 345 g/mol. The maximum Gasteiger partial charge on any atom is 0.261 e. The molecule has 130 valence electrons. The van der Waals surface area contributed by atoms with E-state index in [-0.39, 0.29) is 5.92 Å². The van der Waals surface area contributed by atoms with Crippen LogP contribution in [0.2, 0.25) is 0 Å². The fraction of sp³-hybridized carbons (Fsp3) is 0.200. The van der Waals surface area contributed by atoms with Gasteiger partial charge in [0, 0.05) is 28.9 Å². The monoisotopic (exact) mass is 345 g/mol. The number of aryl methyl sites for hydroxylation is 1. The van der Waals surface area contributed by atoms with Gasteiger partial charge in [0.15, 0.2) is 11.5 Å². The van der Waals surface area contributed by atoms with Crippen molar-refractivity contribution in [3.63, 3.8) is 0 Å². The van der Waals surface area contributed by atoms with E-state index >= 15 is 0 Å². The first-order chi connectivity index (χ1) is 12.6. The average Bonchev–Trinajstić information content (AvgIpc) is 3.13. The SMILES string of the molecule is Cc1ccc2c(Nc3ccccc3)c(-c3nc(C(C)C)no3)cnc2n1. The van der Waals surface area contributed by atoms with Crippen molar-refractivity contribution in [1.29, 1.82) is 0 Å². The van der Waals surface area contributed by atoms with E-state index in [0.717, 1.165) is 28.0 Å². The molecule has 0 bridgehead atoms. The van der Waals surface area contributed by atoms with Gasteiger partial charge < -0.3 is 9.84 Å². The largest absolute Gasteiger partial charge is 0.354 e. The molecule has 0 amide bonds. The Morgan fingerprint density at radius 3 is 2.54 bits per heavy atom. The van der Waals surface area contributed by atoms with Crippen molar-refractivity contribution in [3.8, 4) is 11.5 Å². The number of aromatic nitrogens is 4. The minimum absolute atomic E-state index is 0.191. The number of benzene rings is 1. The molecule has 6 nitrogen and oxygen atoms in total. The number of anilines is 2. The van der Waals surface area contributed by atoms with Gasteiger partial charge in [-0.1, -0.05) is 37.2 Å². The lowest BCUT2D eigenvalue weighted by Gasteiger charge is -2.12. The van der Waals surface area contributed by atoms with Crippen molar-refractivity contribution in [2.75, 3.05) is 5.32 Å². The summed E-state index contributed by atoms with van der Waals surface area (Å²) in [6.45, 7) is 6.01. The molecule has 4 rings (SSSR count). The summed E-state index contributed by atoms with van der Waals surface area (Å²) >= 11 is 0. The predicted molar refractivity (Wildman–Crippen MR) is 101 cm³/mol. The van der Waals surface area contributed by atoms with Crippen LogP contribution in [0.3, 0.4) is 0 Å². The lowest BCUT2D eigenvalue weighted by atomic mass is 10.1. The van der Waals surface area contributed by atoms with E-state index in [2.05, 4.69) is 25.4 Å². The zero-order valence-corrected chi connectivity index (χ0v) is 14.9. The number of para-hydroxylation sites is 1. The number of nitrogens with zero attached hydrogens (tertiary/aromatic N) is 4. The van der Waals surface area contributed by atoms with Crippen LogP contribution < -0.4 is 5.32 Å². The molecule has 1 aromatic carbocycles. The Morgan fingerprint density at radius 1 is 1.00 bits per heavy atom. The van der Waals surface area contributed by atoms with Crippen molar-refractivity contribution < 1.29 is 4.52 Å². The van der Waals surface area contributed by atoms with Crippen molar-refractivity contribution in [1.82, 2.24) is 20.1 Å².